The highest BCUT2D eigenvalue weighted by atomic mass is 32.2. The van der Waals surface area contributed by atoms with Gasteiger partial charge in [0.1, 0.15) is 0 Å². The second kappa shape index (κ2) is 5.87. The topological polar surface area (TPSA) is 16.1 Å². The molecule has 0 aromatic carbocycles. The molecule has 0 N–H and O–H groups in total. The van der Waals surface area contributed by atoms with Crippen LogP contribution in [0.2, 0.25) is 0 Å². The van der Waals surface area contributed by atoms with Gasteiger partial charge in [-0.2, -0.15) is 0 Å². The SMILES string of the molecule is Cc1cc(CN(C)C)nc(C(C)C)c1[SH](C)C. The molecule has 0 aliphatic heterocycles. The fourth-order valence-corrected chi connectivity index (χ4v) is 3.69. The maximum atomic E-state index is 4.87. The molecule has 0 unspecified atom stereocenters. The Morgan fingerprint density at radius 3 is 2.29 bits per heavy atom. The fourth-order valence-electron chi connectivity index (χ4n) is 2.15. The molecule has 0 saturated heterocycles. The van der Waals surface area contributed by atoms with Gasteiger partial charge in [0.15, 0.2) is 0 Å². The Labute approximate surface area is 109 Å². The molecule has 17 heavy (non-hydrogen) atoms. The van der Waals surface area contributed by atoms with Gasteiger partial charge in [0.2, 0.25) is 0 Å². The highest BCUT2D eigenvalue weighted by molar-refractivity contribution is 8.16. The fraction of sp³-hybridized carbons (Fsp3) is 0.643. The molecular formula is C14H26N2S. The van der Waals surface area contributed by atoms with E-state index in [1.54, 1.807) is 0 Å². The van der Waals surface area contributed by atoms with Gasteiger partial charge in [-0.3, -0.25) is 4.98 Å². The highest BCUT2D eigenvalue weighted by Crippen LogP contribution is 2.37. The number of thiol groups is 1. The van der Waals surface area contributed by atoms with E-state index in [2.05, 4.69) is 58.3 Å². The van der Waals surface area contributed by atoms with E-state index < -0.39 is 0 Å². The van der Waals surface area contributed by atoms with Crippen molar-refractivity contribution in [2.75, 3.05) is 26.6 Å². The molecule has 0 atom stereocenters. The van der Waals surface area contributed by atoms with Crippen LogP contribution in [-0.4, -0.2) is 36.5 Å². The van der Waals surface area contributed by atoms with Gasteiger partial charge in [0.05, 0.1) is 11.4 Å². The Hall–Kier alpha value is -0.540. The minimum Gasteiger partial charge on any atom is -0.304 e. The molecule has 3 heteroatoms. The van der Waals surface area contributed by atoms with Crippen molar-refractivity contribution in [2.24, 2.45) is 0 Å². The van der Waals surface area contributed by atoms with Crippen LogP contribution in [0.4, 0.5) is 0 Å². The second-order valence-corrected chi connectivity index (χ2v) is 7.69. The van der Waals surface area contributed by atoms with E-state index in [-0.39, 0.29) is 10.9 Å². The Bertz CT molecular complexity index is 384. The summed E-state index contributed by atoms with van der Waals surface area (Å²) in [6.45, 7) is 7.63. The lowest BCUT2D eigenvalue weighted by molar-refractivity contribution is 0.395. The smallest absolute Gasteiger partial charge is 0.0553 e. The molecule has 0 spiro atoms. The van der Waals surface area contributed by atoms with Gasteiger partial charge >= 0.3 is 0 Å². The van der Waals surface area contributed by atoms with Gasteiger partial charge in [-0.25, -0.2) is 10.9 Å². The van der Waals surface area contributed by atoms with Crippen molar-refractivity contribution < 1.29 is 0 Å². The summed E-state index contributed by atoms with van der Waals surface area (Å²) >= 11 is 0. The predicted molar refractivity (Wildman–Crippen MR) is 79.6 cm³/mol. The average Bonchev–Trinajstić information content (AvgIpc) is 2.14. The standard InChI is InChI=1S/C14H26N2S/c1-10(2)13-14(17(6)7)11(3)8-12(15-13)9-16(4)5/h8,10,17H,9H2,1-7H3. The number of aromatic nitrogens is 1. The largest absolute Gasteiger partial charge is 0.304 e. The third kappa shape index (κ3) is 3.71. The first-order valence-corrected chi connectivity index (χ1v) is 8.39. The zero-order valence-corrected chi connectivity index (χ0v) is 13.1. The van der Waals surface area contributed by atoms with Crippen LogP contribution in [0, 0.1) is 6.92 Å². The molecule has 0 amide bonds. The number of hydrogen-bond acceptors (Lipinski definition) is 2. The Balaban J connectivity index is 3.26. The molecule has 1 heterocycles. The van der Waals surface area contributed by atoms with Crippen LogP contribution in [0.1, 0.15) is 36.7 Å². The number of nitrogens with zero attached hydrogens (tertiary/aromatic N) is 2. The quantitative estimate of drug-likeness (QED) is 0.831. The molecule has 1 aromatic rings. The van der Waals surface area contributed by atoms with Gasteiger partial charge in [0.25, 0.3) is 0 Å². The van der Waals surface area contributed by atoms with Gasteiger partial charge in [-0.1, -0.05) is 13.8 Å². The van der Waals surface area contributed by atoms with Crippen molar-refractivity contribution in [3.63, 3.8) is 0 Å². The van der Waals surface area contributed by atoms with Crippen LogP contribution >= 0.6 is 10.9 Å². The maximum absolute atomic E-state index is 4.87. The highest BCUT2D eigenvalue weighted by Gasteiger charge is 2.14. The molecule has 0 radical (unpaired) electrons. The van der Waals surface area contributed by atoms with Crippen molar-refractivity contribution in [1.82, 2.24) is 9.88 Å². The zero-order valence-electron chi connectivity index (χ0n) is 12.2. The molecule has 0 bridgehead atoms. The van der Waals surface area contributed by atoms with Crippen molar-refractivity contribution in [1.29, 1.82) is 0 Å². The third-order valence-electron chi connectivity index (χ3n) is 2.74. The number of rotatable bonds is 4. The van der Waals surface area contributed by atoms with Crippen molar-refractivity contribution in [3.05, 3.63) is 23.0 Å². The van der Waals surface area contributed by atoms with Crippen LogP contribution < -0.4 is 0 Å². The predicted octanol–water partition coefficient (Wildman–Crippen LogP) is 3.19. The minimum atomic E-state index is -0.0785. The van der Waals surface area contributed by atoms with Gasteiger partial charge in [-0.05, 0) is 51.1 Å². The number of pyridine rings is 1. The molecule has 0 saturated carbocycles. The molecule has 0 aliphatic carbocycles. The van der Waals surface area contributed by atoms with E-state index in [0.29, 0.717) is 5.92 Å². The van der Waals surface area contributed by atoms with Crippen molar-refractivity contribution in [2.45, 2.75) is 38.1 Å². The first kappa shape index (κ1) is 14.5. The van der Waals surface area contributed by atoms with Gasteiger partial charge < -0.3 is 4.90 Å². The molecule has 0 fully saturated rings. The van der Waals surface area contributed by atoms with Crippen molar-refractivity contribution in [3.8, 4) is 0 Å². The molecule has 0 aliphatic rings. The molecule has 1 aromatic heterocycles. The molecular weight excluding hydrogens is 228 g/mol. The summed E-state index contributed by atoms with van der Waals surface area (Å²) in [6.07, 6.45) is 4.63. The monoisotopic (exact) mass is 254 g/mol. The summed E-state index contributed by atoms with van der Waals surface area (Å²) in [5.41, 5.74) is 3.91. The lowest BCUT2D eigenvalue weighted by Crippen LogP contribution is -2.14. The summed E-state index contributed by atoms with van der Waals surface area (Å²) < 4.78 is 0. The molecule has 1 rings (SSSR count). The van der Waals surface area contributed by atoms with Crippen LogP contribution in [0.5, 0.6) is 0 Å². The minimum absolute atomic E-state index is 0.0785. The second-order valence-electron chi connectivity index (χ2n) is 5.45. The molecule has 2 nitrogen and oxygen atoms in total. The maximum Gasteiger partial charge on any atom is 0.0553 e. The van der Waals surface area contributed by atoms with E-state index in [1.807, 2.05) is 0 Å². The van der Waals surface area contributed by atoms with Crippen LogP contribution in [-0.2, 0) is 6.54 Å². The molecule has 98 valence electrons. The van der Waals surface area contributed by atoms with Gasteiger partial charge in [-0.15, -0.1) is 0 Å². The Morgan fingerprint density at radius 1 is 1.29 bits per heavy atom. The Kier molecular flexibility index (Phi) is 5.02. The summed E-state index contributed by atoms with van der Waals surface area (Å²) in [5.74, 6) is 0.510. The van der Waals surface area contributed by atoms with E-state index in [9.17, 15) is 0 Å². The normalized spacial score (nSPS) is 12.4. The number of hydrogen-bond donors (Lipinski definition) is 1. The summed E-state index contributed by atoms with van der Waals surface area (Å²) in [6, 6.07) is 2.25. The van der Waals surface area contributed by atoms with Crippen LogP contribution in [0.3, 0.4) is 0 Å². The summed E-state index contributed by atoms with van der Waals surface area (Å²) in [7, 11) is 4.10. The zero-order chi connectivity index (χ0) is 13.2. The van der Waals surface area contributed by atoms with E-state index in [4.69, 9.17) is 4.98 Å². The van der Waals surface area contributed by atoms with E-state index >= 15 is 0 Å². The first-order valence-electron chi connectivity index (χ1n) is 6.15. The van der Waals surface area contributed by atoms with E-state index in [1.165, 1.54) is 21.8 Å². The first-order chi connectivity index (χ1) is 7.82. The lowest BCUT2D eigenvalue weighted by atomic mass is 10.1. The number of aryl methyl sites for hydroxylation is 1. The van der Waals surface area contributed by atoms with Crippen molar-refractivity contribution >= 4 is 10.9 Å². The summed E-state index contributed by atoms with van der Waals surface area (Å²) in [4.78, 5) is 8.54. The van der Waals surface area contributed by atoms with Crippen LogP contribution in [0.25, 0.3) is 0 Å². The van der Waals surface area contributed by atoms with Crippen LogP contribution in [0.15, 0.2) is 11.0 Å². The van der Waals surface area contributed by atoms with Gasteiger partial charge in [0, 0.05) is 11.4 Å². The third-order valence-corrected chi connectivity index (χ3v) is 4.21. The van der Waals surface area contributed by atoms with E-state index in [0.717, 1.165) is 6.54 Å². The average molecular weight is 254 g/mol. The summed E-state index contributed by atoms with van der Waals surface area (Å²) in [5, 5.41) is 0. The Morgan fingerprint density at radius 2 is 1.88 bits per heavy atom. The lowest BCUT2D eigenvalue weighted by Gasteiger charge is -2.22.